The van der Waals surface area contributed by atoms with Gasteiger partial charge in [-0.3, -0.25) is 0 Å². The quantitative estimate of drug-likeness (QED) is 0.766. The van der Waals surface area contributed by atoms with Crippen molar-refractivity contribution in [2.24, 2.45) is 0 Å². The Morgan fingerprint density at radius 3 is 2.90 bits per heavy atom. The zero-order valence-electron chi connectivity index (χ0n) is 11.9. The maximum Gasteiger partial charge on any atom is 0.407 e. The number of rotatable bonds is 5. The van der Waals surface area contributed by atoms with Gasteiger partial charge in [0.25, 0.3) is 0 Å². The summed E-state index contributed by atoms with van der Waals surface area (Å²) in [5.41, 5.74) is 0. The van der Waals surface area contributed by atoms with Gasteiger partial charge in [-0.15, -0.1) is 0 Å². The van der Waals surface area contributed by atoms with E-state index < -0.39 is 6.17 Å². The molecule has 116 valence electrons. The molecule has 3 atom stereocenters. The minimum absolute atomic E-state index is 0.0953. The Morgan fingerprint density at radius 2 is 2.15 bits per heavy atom. The maximum absolute atomic E-state index is 13.6. The van der Waals surface area contributed by atoms with Crippen molar-refractivity contribution in [1.82, 2.24) is 10.6 Å². The fourth-order valence-electron chi connectivity index (χ4n) is 2.76. The summed E-state index contributed by atoms with van der Waals surface area (Å²) in [5.74, 6) is 0.682. The lowest BCUT2D eigenvalue weighted by molar-refractivity contribution is 0.147. The van der Waals surface area contributed by atoms with Crippen LogP contribution in [0.3, 0.4) is 0 Å². The number of carbonyl (C=O) groups is 1. The van der Waals surface area contributed by atoms with Gasteiger partial charge in [-0.25, -0.2) is 9.18 Å². The molecule has 1 aliphatic carbocycles. The smallest absolute Gasteiger partial charge is 0.407 e. The monoisotopic (exact) mass is 304 g/mol. The Hall–Kier alpha value is -0.490. The van der Waals surface area contributed by atoms with Crippen molar-refractivity contribution in [3.05, 3.63) is 0 Å². The number of hydrogen-bond acceptors (Lipinski definition) is 4. The summed E-state index contributed by atoms with van der Waals surface area (Å²) in [6.45, 7) is 2.20. The summed E-state index contributed by atoms with van der Waals surface area (Å²) in [4.78, 5) is 11.6. The third-order valence-electron chi connectivity index (χ3n) is 3.89. The minimum atomic E-state index is -0.684. The fourth-order valence-corrected chi connectivity index (χ4v) is 3.92. The van der Waals surface area contributed by atoms with Crippen LogP contribution in [0.2, 0.25) is 0 Å². The number of piperidine rings is 1. The number of hydrogen-bond donors (Lipinski definition) is 2. The molecule has 0 spiro atoms. The Labute approximate surface area is 124 Å². The van der Waals surface area contributed by atoms with Crippen LogP contribution in [0.5, 0.6) is 0 Å². The van der Waals surface area contributed by atoms with Crippen LogP contribution < -0.4 is 10.6 Å². The van der Waals surface area contributed by atoms with Crippen LogP contribution in [0.25, 0.3) is 0 Å². The van der Waals surface area contributed by atoms with Crippen LogP contribution in [0, 0.1) is 0 Å². The number of nitrogens with one attached hydrogen (secondary N) is 2. The predicted molar refractivity (Wildman–Crippen MR) is 80.0 cm³/mol. The van der Waals surface area contributed by atoms with Crippen molar-refractivity contribution in [2.45, 2.75) is 56.0 Å². The molecule has 0 aromatic heterocycles. The van der Waals surface area contributed by atoms with E-state index in [9.17, 15) is 9.18 Å². The third kappa shape index (κ3) is 5.48. The van der Waals surface area contributed by atoms with Gasteiger partial charge in [-0.05, 0) is 32.2 Å². The Balaban J connectivity index is 1.52. The first-order valence-electron chi connectivity index (χ1n) is 7.65. The Kier molecular flexibility index (Phi) is 6.93. The third-order valence-corrected chi connectivity index (χ3v) is 5.25. The second kappa shape index (κ2) is 8.72. The zero-order chi connectivity index (χ0) is 14.2. The van der Waals surface area contributed by atoms with Gasteiger partial charge < -0.3 is 15.4 Å². The molecule has 1 saturated carbocycles. The van der Waals surface area contributed by atoms with Crippen molar-refractivity contribution < 1.29 is 13.9 Å². The lowest BCUT2D eigenvalue weighted by Crippen LogP contribution is -2.45. The van der Waals surface area contributed by atoms with Gasteiger partial charge in [-0.2, -0.15) is 11.8 Å². The molecule has 2 aliphatic rings. The van der Waals surface area contributed by atoms with Gasteiger partial charge in [0, 0.05) is 23.6 Å². The van der Waals surface area contributed by atoms with Crippen LogP contribution >= 0.6 is 11.8 Å². The summed E-state index contributed by atoms with van der Waals surface area (Å²) in [6.07, 6.45) is 4.82. The largest absolute Gasteiger partial charge is 0.449 e. The summed E-state index contributed by atoms with van der Waals surface area (Å²) in [7, 11) is 0. The molecule has 1 heterocycles. The van der Waals surface area contributed by atoms with Gasteiger partial charge >= 0.3 is 6.09 Å². The highest BCUT2D eigenvalue weighted by Crippen LogP contribution is 2.30. The van der Waals surface area contributed by atoms with Crippen LogP contribution in [-0.4, -0.2) is 49.0 Å². The average molecular weight is 304 g/mol. The summed E-state index contributed by atoms with van der Waals surface area (Å²) < 4.78 is 18.7. The molecule has 4 nitrogen and oxygen atoms in total. The van der Waals surface area contributed by atoms with E-state index in [1.54, 1.807) is 11.8 Å². The first-order valence-corrected chi connectivity index (χ1v) is 8.70. The second-order valence-corrected chi connectivity index (χ2v) is 6.88. The summed E-state index contributed by atoms with van der Waals surface area (Å²) in [5, 5.41) is 6.19. The van der Waals surface area contributed by atoms with E-state index in [0.29, 0.717) is 18.8 Å². The van der Waals surface area contributed by atoms with Crippen LogP contribution in [0.1, 0.15) is 38.5 Å². The SMILES string of the molecule is O=C(NC1CCCNC1)OCCSC1CCCCC1F. The standard InChI is InChI=1S/C14H25FN2O2S/c15-12-5-1-2-6-13(12)20-9-8-19-14(18)17-11-4-3-7-16-10-11/h11-13,16H,1-10H2,(H,17,18). The van der Waals surface area contributed by atoms with Gasteiger partial charge in [-0.1, -0.05) is 12.8 Å². The molecule has 0 aromatic carbocycles. The van der Waals surface area contributed by atoms with Crippen LogP contribution in [0.15, 0.2) is 0 Å². The average Bonchev–Trinajstić information content (AvgIpc) is 2.46. The van der Waals surface area contributed by atoms with Gasteiger partial charge in [0.1, 0.15) is 12.8 Å². The Morgan fingerprint density at radius 1 is 1.30 bits per heavy atom. The van der Waals surface area contributed by atoms with Gasteiger partial charge in [0.05, 0.1) is 0 Å². The number of ether oxygens (including phenoxy) is 1. The zero-order valence-corrected chi connectivity index (χ0v) is 12.7. The van der Waals surface area contributed by atoms with Crippen molar-refractivity contribution >= 4 is 17.9 Å². The van der Waals surface area contributed by atoms with Crippen LogP contribution in [0.4, 0.5) is 9.18 Å². The highest BCUT2D eigenvalue weighted by atomic mass is 32.2. The number of amides is 1. The first kappa shape index (κ1) is 15.9. The summed E-state index contributed by atoms with van der Waals surface area (Å²) >= 11 is 1.60. The highest BCUT2D eigenvalue weighted by Gasteiger charge is 2.24. The van der Waals surface area contributed by atoms with E-state index in [2.05, 4.69) is 10.6 Å². The van der Waals surface area contributed by atoms with Crippen molar-refractivity contribution in [2.75, 3.05) is 25.4 Å². The Bertz CT molecular complexity index is 301. The normalized spacial score (nSPS) is 30.8. The number of alkyl halides is 1. The molecule has 2 rings (SSSR count). The van der Waals surface area contributed by atoms with Crippen molar-refractivity contribution in [1.29, 1.82) is 0 Å². The van der Waals surface area contributed by atoms with E-state index >= 15 is 0 Å². The molecule has 1 aliphatic heterocycles. The predicted octanol–water partition coefficient (Wildman–Crippen LogP) is 2.48. The minimum Gasteiger partial charge on any atom is -0.449 e. The van der Waals surface area contributed by atoms with E-state index in [4.69, 9.17) is 4.74 Å². The van der Waals surface area contributed by atoms with Gasteiger partial charge in [0.2, 0.25) is 0 Å². The molecule has 1 amide bonds. The fraction of sp³-hybridized carbons (Fsp3) is 0.929. The number of alkyl carbamates (subject to hydrolysis) is 1. The van der Waals surface area contributed by atoms with Gasteiger partial charge in [0.15, 0.2) is 0 Å². The van der Waals surface area contributed by atoms with Crippen LogP contribution in [-0.2, 0) is 4.74 Å². The highest BCUT2D eigenvalue weighted by molar-refractivity contribution is 7.99. The van der Waals surface area contributed by atoms with Crippen molar-refractivity contribution in [3.8, 4) is 0 Å². The second-order valence-electron chi connectivity index (χ2n) is 5.53. The lowest BCUT2D eigenvalue weighted by atomic mass is 9.98. The molecular weight excluding hydrogens is 279 g/mol. The molecule has 6 heteroatoms. The molecule has 20 heavy (non-hydrogen) atoms. The molecular formula is C14H25FN2O2S. The van der Waals surface area contributed by atoms with E-state index in [0.717, 1.165) is 45.2 Å². The topological polar surface area (TPSA) is 50.4 Å². The maximum atomic E-state index is 13.6. The summed E-state index contributed by atoms with van der Waals surface area (Å²) in [6, 6.07) is 0.178. The van der Waals surface area contributed by atoms with E-state index in [1.807, 2.05) is 0 Å². The van der Waals surface area contributed by atoms with E-state index in [1.165, 1.54) is 0 Å². The molecule has 1 saturated heterocycles. The molecule has 0 radical (unpaired) electrons. The number of carbonyl (C=O) groups excluding carboxylic acids is 1. The van der Waals surface area contributed by atoms with E-state index in [-0.39, 0.29) is 17.4 Å². The molecule has 3 unspecified atom stereocenters. The molecule has 2 N–H and O–H groups in total. The number of halogens is 1. The van der Waals surface area contributed by atoms with Crippen molar-refractivity contribution in [3.63, 3.8) is 0 Å². The lowest BCUT2D eigenvalue weighted by Gasteiger charge is -2.25. The molecule has 0 bridgehead atoms. The molecule has 2 fully saturated rings. The first-order chi connectivity index (χ1) is 9.75. The number of thioether (sulfide) groups is 1. The molecule has 0 aromatic rings.